The normalized spacial score (nSPS) is 10.8. The van der Waals surface area contributed by atoms with Crippen molar-refractivity contribution in [1.29, 1.82) is 0 Å². The zero-order valence-electron chi connectivity index (χ0n) is 13.8. The highest BCUT2D eigenvalue weighted by Gasteiger charge is 2.15. The summed E-state index contributed by atoms with van der Waals surface area (Å²) in [6, 6.07) is 12.1. The molecule has 25 heavy (non-hydrogen) atoms. The first-order valence-electron chi connectivity index (χ1n) is 7.82. The van der Waals surface area contributed by atoms with Crippen LogP contribution in [0.15, 0.2) is 41.0 Å². The number of methoxy groups -OCH3 is 1. The topological polar surface area (TPSA) is 115 Å². The maximum atomic E-state index is 11.8. The summed E-state index contributed by atoms with van der Waals surface area (Å²) in [6.45, 7) is 1.61. The average Bonchev–Trinajstić information content (AvgIpc) is 3.07. The Labute approximate surface area is 144 Å². The summed E-state index contributed by atoms with van der Waals surface area (Å²) >= 11 is 0. The van der Waals surface area contributed by atoms with Crippen molar-refractivity contribution < 1.29 is 14.2 Å². The van der Waals surface area contributed by atoms with Gasteiger partial charge in [-0.25, -0.2) is 4.63 Å². The highest BCUT2D eigenvalue weighted by molar-refractivity contribution is 5.95. The van der Waals surface area contributed by atoms with Gasteiger partial charge in [-0.15, -0.1) is 0 Å². The first-order chi connectivity index (χ1) is 12.2. The standard InChI is InChI=1S/C17H19N5O3/c1-24-14-7-6-11-4-2-3-5-12(11)13(14)10-19-8-9-20-17(23)15-16(18)22-25-21-15/h2-7,19H,8-10H2,1H3,(H2,18,22)(H,20,23). The van der Waals surface area contributed by atoms with E-state index in [2.05, 4.69) is 37.7 Å². The SMILES string of the molecule is COc1ccc2ccccc2c1CNCCNC(=O)c1nonc1N. The fraction of sp³-hybridized carbons (Fsp3) is 0.235. The van der Waals surface area contributed by atoms with E-state index in [1.54, 1.807) is 7.11 Å². The number of rotatable bonds is 7. The highest BCUT2D eigenvalue weighted by atomic mass is 16.6. The first kappa shape index (κ1) is 16.7. The van der Waals surface area contributed by atoms with Crippen LogP contribution in [-0.4, -0.2) is 36.4 Å². The Balaban J connectivity index is 1.56. The molecule has 8 heteroatoms. The lowest BCUT2D eigenvalue weighted by Crippen LogP contribution is -2.32. The number of aromatic nitrogens is 2. The molecule has 1 aromatic heterocycles. The van der Waals surface area contributed by atoms with E-state index < -0.39 is 5.91 Å². The molecule has 0 fully saturated rings. The molecule has 130 valence electrons. The van der Waals surface area contributed by atoms with Crippen molar-refractivity contribution in [3.8, 4) is 5.75 Å². The van der Waals surface area contributed by atoms with Crippen LogP contribution < -0.4 is 21.1 Å². The minimum Gasteiger partial charge on any atom is -0.496 e. The lowest BCUT2D eigenvalue weighted by atomic mass is 10.0. The molecule has 0 saturated carbocycles. The van der Waals surface area contributed by atoms with Gasteiger partial charge >= 0.3 is 0 Å². The maximum absolute atomic E-state index is 11.8. The molecular weight excluding hydrogens is 322 g/mol. The molecule has 0 aliphatic carbocycles. The Morgan fingerprint density at radius 2 is 2.04 bits per heavy atom. The van der Waals surface area contributed by atoms with Crippen molar-refractivity contribution >= 4 is 22.5 Å². The van der Waals surface area contributed by atoms with Crippen LogP contribution in [0.1, 0.15) is 16.1 Å². The van der Waals surface area contributed by atoms with Crippen LogP contribution in [-0.2, 0) is 6.54 Å². The van der Waals surface area contributed by atoms with Crippen molar-refractivity contribution in [3.63, 3.8) is 0 Å². The minimum atomic E-state index is -0.414. The van der Waals surface area contributed by atoms with Gasteiger partial charge in [-0.3, -0.25) is 4.79 Å². The number of ether oxygens (including phenoxy) is 1. The van der Waals surface area contributed by atoms with Gasteiger partial charge in [0.15, 0.2) is 0 Å². The van der Waals surface area contributed by atoms with Gasteiger partial charge in [-0.1, -0.05) is 30.3 Å². The number of benzene rings is 2. The molecule has 8 nitrogen and oxygen atoms in total. The number of hydrogen-bond acceptors (Lipinski definition) is 7. The lowest BCUT2D eigenvalue weighted by molar-refractivity contribution is 0.0944. The smallest absolute Gasteiger partial charge is 0.277 e. The van der Waals surface area contributed by atoms with E-state index in [4.69, 9.17) is 10.5 Å². The number of anilines is 1. The van der Waals surface area contributed by atoms with Crippen molar-refractivity contribution in [3.05, 3.63) is 47.7 Å². The third kappa shape index (κ3) is 3.69. The number of hydrogen-bond donors (Lipinski definition) is 3. The summed E-state index contributed by atoms with van der Waals surface area (Å²) in [5.74, 6) is 0.394. The molecular formula is C17H19N5O3. The molecule has 2 aromatic carbocycles. The van der Waals surface area contributed by atoms with Gasteiger partial charge in [0.2, 0.25) is 11.5 Å². The molecule has 0 spiro atoms. The number of nitrogens with two attached hydrogens (primary N) is 1. The molecule has 4 N–H and O–H groups in total. The Hall–Kier alpha value is -3.13. The van der Waals surface area contributed by atoms with Crippen LogP contribution in [0.3, 0.4) is 0 Å². The fourth-order valence-corrected chi connectivity index (χ4v) is 2.60. The summed E-state index contributed by atoms with van der Waals surface area (Å²) in [5.41, 5.74) is 6.55. The summed E-state index contributed by atoms with van der Waals surface area (Å²) in [4.78, 5) is 11.8. The molecule has 0 bridgehead atoms. The quantitative estimate of drug-likeness (QED) is 0.555. The second-order valence-electron chi connectivity index (χ2n) is 5.40. The Morgan fingerprint density at radius 3 is 2.80 bits per heavy atom. The van der Waals surface area contributed by atoms with Gasteiger partial charge in [0, 0.05) is 25.2 Å². The van der Waals surface area contributed by atoms with Crippen LogP contribution in [0.5, 0.6) is 5.75 Å². The number of fused-ring (bicyclic) bond motifs is 1. The van der Waals surface area contributed by atoms with Crippen LogP contribution in [0, 0.1) is 0 Å². The Kier molecular flexibility index (Phi) is 5.10. The largest absolute Gasteiger partial charge is 0.496 e. The third-order valence-electron chi connectivity index (χ3n) is 3.84. The van der Waals surface area contributed by atoms with Crippen LogP contribution in [0.2, 0.25) is 0 Å². The van der Waals surface area contributed by atoms with E-state index in [0.29, 0.717) is 19.6 Å². The average molecular weight is 341 g/mol. The summed E-state index contributed by atoms with van der Waals surface area (Å²) in [6.07, 6.45) is 0. The van der Waals surface area contributed by atoms with Gasteiger partial charge in [0.1, 0.15) is 5.75 Å². The number of carbonyl (C=O) groups is 1. The van der Waals surface area contributed by atoms with E-state index in [1.807, 2.05) is 24.3 Å². The van der Waals surface area contributed by atoms with E-state index in [1.165, 1.54) is 0 Å². The van der Waals surface area contributed by atoms with Crippen LogP contribution in [0.4, 0.5) is 5.82 Å². The Morgan fingerprint density at radius 1 is 1.20 bits per heavy atom. The van der Waals surface area contributed by atoms with Crippen molar-refractivity contribution in [1.82, 2.24) is 20.9 Å². The third-order valence-corrected chi connectivity index (χ3v) is 3.84. The molecule has 0 saturated heterocycles. The zero-order valence-corrected chi connectivity index (χ0v) is 13.8. The second-order valence-corrected chi connectivity index (χ2v) is 5.40. The van der Waals surface area contributed by atoms with Gasteiger partial charge in [0.05, 0.1) is 7.11 Å². The summed E-state index contributed by atoms with van der Waals surface area (Å²) in [7, 11) is 1.66. The number of amides is 1. The Bertz CT molecular complexity index is 878. The highest BCUT2D eigenvalue weighted by Crippen LogP contribution is 2.27. The van der Waals surface area contributed by atoms with Crippen molar-refractivity contribution in [2.24, 2.45) is 0 Å². The summed E-state index contributed by atoms with van der Waals surface area (Å²) in [5, 5.41) is 15.1. The number of nitrogen functional groups attached to an aromatic ring is 1. The maximum Gasteiger partial charge on any atom is 0.277 e. The van der Waals surface area contributed by atoms with Crippen molar-refractivity contribution in [2.45, 2.75) is 6.54 Å². The van der Waals surface area contributed by atoms with Gasteiger partial charge in [0.25, 0.3) is 5.91 Å². The van der Waals surface area contributed by atoms with Crippen LogP contribution in [0.25, 0.3) is 10.8 Å². The second kappa shape index (κ2) is 7.63. The number of nitrogens with one attached hydrogen (secondary N) is 2. The first-order valence-corrected chi connectivity index (χ1v) is 7.82. The molecule has 0 aliphatic heterocycles. The molecule has 0 radical (unpaired) electrons. The van der Waals surface area contributed by atoms with Gasteiger partial charge < -0.3 is 21.1 Å². The monoisotopic (exact) mass is 341 g/mol. The molecule has 1 heterocycles. The molecule has 0 aliphatic rings. The van der Waals surface area contributed by atoms with E-state index in [0.717, 1.165) is 22.1 Å². The lowest BCUT2D eigenvalue weighted by Gasteiger charge is -2.13. The predicted molar refractivity (Wildman–Crippen MR) is 93.3 cm³/mol. The fourth-order valence-electron chi connectivity index (χ4n) is 2.60. The molecule has 0 unspecified atom stereocenters. The van der Waals surface area contributed by atoms with Crippen molar-refractivity contribution in [2.75, 3.05) is 25.9 Å². The van der Waals surface area contributed by atoms with Gasteiger partial charge in [-0.2, -0.15) is 0 Å². The minimum absolute atomic E-state index is 0.00396. The predicted octanol–water partition coefficient (Wildman–Crippen LogP) is 1.33. The van der Waals surface area contributed by atoms with Gasteiger partial charge in [-0.05, 0) is 27.2 Å². The zero-order chi connectivity index (χ0) is 17.6. The molecule has 0 atom stereocenters. The van der Waals surface area contributed by atoms with E-state index in [9.17, 15) is 4.79 Å². The summed E-state index contributed by atoms with van der Waals surface area (Å²) < 4.78 is 9.86. The molecule has 1 amide bonds. The molecule has 3 rings (SSSR count). The number of nitrogens with zero attached hydrogens (tertiary/aromatic N) is 2. The number of carbonyl (C=O) groups excluding carboxylic acids is 1. The van der Waals surface area contributed by atoms with E-state index in [-0.39, 0.29) is 11.5 Å². The molecule has 3 aromatic rings. The van der Waals surface area contributed by atoms with Crippen LogP contribution >= 0.6 is 0 Å². The van der Waals surface area contributed by atoms with E-state index >= 15 is 0 Å².